The van der Waals surface area contributed by atoms with Crippen molar-refractivity contribution >= 4 is 23.2 Å². The van der Waals surface area contributed by atoms with E-state index in [2.05, 4.69) is 4.98 Å². The fourth-order valence-corrected chi connectivity index (χ4v) is 5.22. The van der Waals surface area contributed by atoms with Gasteiger partial charge in [-0.1, -0.05) is 29.5 Å². The molecule has 0 amide bonds. The largest absolute Gasteiger partial charge is 0.465 e. The van der Waals surface area contributed by atoms with Crippen LogP contribution in [0.1, 0.15) is 31.1 Å². The van der Waals surface area contributed by atoms with Crippen molar-refractivity contribution in [1.82, 2.24) is 9.55 Å². The minimum Gasteiger partial charge on any atom is -0.465 e. The molecular formula is C20H17N3O3S. The summed E-state index contributed by atoms with van der Waals surface area (Å²) < 4.78 is 8.40. The Morgan fingerprint density at radius 1 is 1.33 bits per heavy atom. The number of benzene rings is 1. The van der Waals surface area contributed by atoms with Gasteiger partial charge in [-0.15, -0.1) is 0 Å². The molecule has 0 radical (unpaired) electrons. The molecule has 2 aliphatic heterocycles. The minimum absolute atomic E-state index is 0.0422. The summed E-state index contributed by atoms with van der Waals surface area (Å²) in [5, 5.41) is 0. The van der Waals surface area contributed by atoms with Crippen LogP contribution in [0.15, 0.2) is 52.4 Å². The molecule has 27 heavy (non-hydrogen) atoms. The number of aromatic amines is 1. The van der Waals surface area contributed by atoms with E-state index < -0.39 is 17.7 Å². The van der Waals surface area contributed by atoms with E-state index in [0.29, 0.717) is 15.1 Å². The Morgan fingerprint density at radius 3 is 2.89 bits per heavy atom. The van der Waals surface area contributed by atoms with Crippen LogP contribution >= 0.6 is 11.3 Å². The second kappa shape index (κ2) is 5.53. The summed E-state index contributed by atoms with van der Waals surface area (Å²) in [5.41, 5.74) is 0.535. The number of Topliss-reactive ketones (excluding diaryl/α,β-unsaturated/α-hetero) is 1. The molecule has 1 N–H and O–H groups in total. The van der Waals surface area contributed by atoms with Gasteiger partial charge in [-0.05, 0) is 38.1 Å². The van der Waals surface area contributed by atoms with Gasteiger partial charge < -0.3 is 9.72 Å². The first-order chi connectivity index (χ1) is 13.0. The number of carbonyl (C=O) groups is 1. The molecule has 2 bridgehead atoms. The number of thiazole rings is 1. The highest BCUT2D eigenvalue weighted by atomic mass is 32.1. The van der Waals surface area contributed by atoms with Crippen LogP contribution < -0.4 is 19.6 Å². The molecular weight excluding hydrogens is 362 g/mol. The molecule has 136 valence electrons. The van der Waals surface area contributed by atoms with E-state index >= 15 is 0 Å². The third-order valence-electron chi connectivity index (χ3n) is 5.23. The van der Waals surface area contributed by atoms with Crippen LogP contribution in [0.25, 0.3) is 6.08 Å². The van der Waals surface area contributed by atoms with E-state index in [9.17, 15) is 9.59 Å². The maximum atomic E-state index is 13.2. The number of carbonyl (C=O) groups excluding carboxylic acids is 1. The summed E-state index contributed by atoms with van der Waals surface area (Å²) in [5.74, 6) is 0.0786. The van der Waals surface area contributed by atoms with Crippen LogP contribution in [0.4, 0.5) is 0 Å². The van der Waals surface area contributed by atoms with Gasteiger partial charge in [0.15, 0.2) is 4.80 Å². The maximum Gasteiger partial charge on any atom is 0.270 e. The highest BCUT2D eigenvalue weighted by molar-refractivity contribution is 7.07. The fraction of sp³-hybridized carbons (Fsp3) is 0.250. The fourth-order valence-electron chi connectivity index (χ4n) is 4.13. The zero-order chi connectivity index (χ0) is 18.8. The van der Waals surface area contributed by atoms with Gasteiger partial charge in [0.25, 0.3) is 5.56 Å². The number of ketones is 1. The molecule has 0 saturated carbocycles. The van der Waals surface area contributed by atoms with E-state index in [1.165, 1.54) is 18.3 Å². The van der Waals surface area contributed by atoms with Crippen molar-refractivity contribution in [3.63, 3.8) is 0 Å². The van der Waals surface area contributed by atoms with Crippen LogP contribution in [-0.2, 0) is 4.79 Å². The molecule has 3 aromatic rings. The normalized spacial score (nSPS) is 25.9. The number of H-pyrrole nitrogens is 1. The molecule has 0 saturated heterocycles. The van der Waals surface area contributed by atoms with Gasteiger partial charge in [-0.3, -0.25) is 14.2 Å². The lowest BCUT2D eigenvalue weighted by atomic mass is 9.79. The zero-order valence-corrected chi connectivity index (χ0v) is 15.6. The Morgan fingerprint density at radius 2 is 2.15 bits per heavy atom. The third kappa shape index (κ3) is 2.28. The molecule has 7 heteroatoms. The number of hydrogen-bond donors (Lipinski definition) is 1. The first-order valence-electron chi connectivity index (χ1n) is 8.73. The summed E-state index contributed by atoms with van der Waals surface area (Å²) >= 11 is 1.32. The van der Waals surface area contributed by atoms with Gasteiger partial charge in [-0.25, -0.2) is 4.99 Å². The zero-order valence-electron chi connectivity index (χ0n) is 14.8. The molecule has 0 fully saturated rings. The number of rotatable bonds is 2. The van der Waals surface area contributed by atoms with Gasteiger partial charge in [0.1, 0.15) is 17.5 Å². The van der Waals surface area contributed by atoms with E-state index in [4.69, 9.17) is 9.73 Å². The van der Waals surface area contributed by atoms with Gasteiger partial charge in [0.05, 0.1) is 10.6 Å². The summed E-state index contributed by atoms with van der Waals surface area (Å²) in [6.45, 7) is 3.36. The Bertz CT molecular complexity index is 1240. The highest BCUT2D eigenvalue weighted by Gasteiger charge is 2.53. The molecule has 0 spiro atoms. The third-order valence-corrected chi connectivity index (χ3v) is 6.21. The van der Waals surface area contributed by atoms with Crippen molar-refractivity contribution in [3.05, 3.63) is 73.5 Å². The summed E-state index contributed by atoms with van der Waals surface area (Å²) in [7, 11) is 0. The average Bonchev–Trinajstić information content (AvgIpc) is 3.22. The second-order valence-corrected chi connectivity index (χ2v) is 8.04. The SMILES string of the molecule is CC(=O)[C@@H]1[C@@H]2c3ccccc3O[C@]1(C)N=c1s/c(=C\c3ccc[nH]3)c(=O)n12. The highest BCUT2D eigenvalue weighted by Crippen LogP contribution is 2.47. The molecule has 4 heterocycles. The number of fused-ring (bicyclic) bond motifs is 6. The quantitative estimate of drug-likeness (QED) is 0.735. The average molecular weight is 379 g/mol. The lowest BCUT2D eigenvalue weighted by molar-refractivity contribution is -0.132. The number of hydrogen-bond acceptors (Lipinski definition) is 5. The van der Waals surface area contributed by atoms with Gasteiger partial charge in [0.2, 0.25) is 5.72 Å². The molecule has 1 aromatic carbocycles. The van der Waals surface area contributed by atoms with Crippen LogP contribution in [0.2, 0.25) is 0 Å². The number of ether oxygens (including phenoxy) is 1. The molecule has 2 aliphatic rings. The van der Waals surface area contributed by atoms with Crippen molar-refractivity contribution in [2.24, 2.45) is 10.9 Å². The first kappa shape index (κ1) is 16.3. The Balaban J connectivity index is 1.85. The Labute approximate surface area is 158 Å². The van der Waals surface area contributed by atoms with E-state index in [1.807, 2.05) is 55.6 Å². The number of nitrogens with zero attached hydrogens (tertiary/aromatic N) is 2. The van der Waals surface area contributed by atoms with Crippen LogP contribution in [0, 0.1) is 5.92 Å². The van der Waals surface area contributed by atoms with E-state index in [-0.39, 0.29) is 11.3 Å². The summed E-state index contributed by atoms with van der Waals surface area (Å²) in [6.07, 6.45) is 3.63. The Hall–Kier alpha value is -2.93. The van der Waals surface area contributed by atoms with Crippen molar-refractivity contribution in [1.29, 1.82) is 0 Å². The molecule has 3 atom stereocenters. The maximum absolute atomic E-state index is 13.2. The number of aromatic nitrogens is 2. The monoisotopic (exact) mass is 379 g/mol. The number of para-hydroxylation sites is 1. The predicted molar refractivity (Wildman–Crippen MR) is 102 cm³/mol. The van der Waals surface area contributed by atoms with Crippen molar-refractivity contribution in [2.75, 3.05) is 0 Å². The smallest absolute Gasteiger partial charge is 0.270 e. The lowest BCUT2D eigenvalue weighted by Gasteiger charge is -2.45. The molecule has 5 rings (SSSR count). The lowest BCUT2D eigenvalue weighted by Crippen LogP contribution is -2.58. The van der Waals surface area contributed by atoms with Crippen LogP contribution in [0.3, 0.4) is 0 Å². The van der Waals surface area contributed by atoms with Crippen molar-refractivity contribution in [3.8, 4) is 5.75 Å². The summed E-state index contributed by atoms with van der Waals surface area (Å²) in [6, 6.07) is 10.9. The minimum atomic E-state index is -1.02. The Kier molecular flexibility index (Phi) is 3.33. The summed E-state index contributed by atoms with van der Waals surface area (Å²) in [4.78, 5) is 34.2. The van der Waals surface area contributed by atoms with Crippen LogP contribution in [-0.4, -0.2) is 21.1 Å². The molecule has 0 unspecified atom stereocenters. The van der Waals surface area contributed by atoms with Gasteiger partial charge in [-0.2, -0.15) is 0 Å². The first-order valence-corrected chi connectivity index (χ1v) is 9.54. The van der Waals surface area contributed by atoms with Crippen molar-refractivity contribution < 1.29 is 9.53 Å². The standard InChI is InChI=1S/C20H17N3O3S/c1-11(24)16-17-13-7-3-4-8-14(13)26-20(16,2)22-19-23(17)18(25)15(27-19)10-12-6-5-9-21-12/h3-10,16-17,21H,1-2H3/b15-10-/t16-,17+,20+/m1/s1. The van der Waals surface area contributed by atoms with Gasteiger partial charge >= 0.3 is 0 Å². The van der Waals surface area contributed by atoms with E-state index in [1.54, 1.807) is 4.57 Å². The van der Waals surface area contributed by atoms with Crippen LogP contribution in [0.5, 0.6) is 5.75 Å². The second-order valence-electron chi connectivity index (χ2n) is 7.03. The molecule has 2 aromatic heterocycles. The van der Waals surface area contributed by atoms with E-state index in [0.717, 1.165) is 11.3 Å². The number of nitrogens with one attached hydrogen (secondary N) is 1. The molecule has 6 nitrogen and oxygen atoms in total. The van der Waals surface area contributed by atoms with Gasteiger partial charge in [0, 0.05) is 17.5 Å². The molecule has 0 aliphatic carbocycles. The van der Waals surface area contributed by atoms with Crippen molar-refractivity contribution in [2.45, 2.75) is 25.6 Å². The topological polar surface area (TPSA) is 76.4 Å². The predicted octanol–water partition coefficient (Wildman–Crippen LogP) is 1.60.